The average Bonchev–Trinajstić information content (AvgIpc) is 2.30. The van der Waals surface area contributed by atoms with Crippen LogP contribution in [0.2, 0.25) is 5.02 Å². The van der Waals surface area contributed by atoms with E-state index < -0.39 is 17.8 Å². The predicted molar refractivity (Wildman–Crippen MR) is 62.5 cm³/mol. The van der Waals surface area contributed by atoms with Crippen molar-refractivity contribution in [3.05, 3.63) is 34.6 Å². The van der Waals surface area contributed by atoms with Crippen LogP contribution in [-0.2, 0) is 11.3 Å². The second-order valence-electron chi connectivity index (χ2n) is 3.11. The molecule has 0 saturated heterocycles. The van der Waals surface area contributed by atoms with Crippen molar-refractivity contribution in [2.75, 3.05) is 5.88 Å². The van der Waals surface area contributed by atoms with E-state index in [0.717, 1.165) is 0 Å². The van der Waals surface area contributed by atoms with E-state index in [0.29, 0.717) is 5.56 Å². The van der Waals surface area contributed by atoms with Gasteiger partial charge in [0.2, 0.25) is 5.91 Å². The van der Waals surface area contributed by atoms with Gasteiger partial charge < -0.3 is 5.32 Å². The topological polar surface area (TPSA) is 58.2 Å². The van der Waals surface area contributed by atoms with Crippen LogP contribution in [-0.4, -0.2) is 17.8 Å². The fourth-order valence-corrected chi connectivity index (χ4v) is 1.31. The molecule has 1 aromatic carbocycles. The first-order valence-electron chi connectivity index (χ1n) is 4.60. The SMILES string of the molecule is O=C(CCl)NC(=O)NCc1ccc(F)c(Cl)c1. The van der Waals surface area contributed by atoms with Gasteiger partial charge in [-0.05, 0) is 17.7 Å². The predicted octanol–water partition coefficient (Wildman–Crippen LogP) is 2.04. The Morgan fingerprint density at radius 3 is 2.65 bits per heavy atom. The number of alkyl halides is 1. The van der Waals surface area contributed by atoms with Crippen molar-refractivity contribution in [2.45, 2.75) is 6.54 Å². The van der Waals surface area contributed by atoms with Crippen LogP contribution in [0, 0.1) is 5.82 Å². The van der Waals surface area contributed by atoms with Gasteiger partial charge in [0.1, 0.15) is 11.7 Å². The molecule has 0 unspecified atom stereocenters. The van der Waals surface area contributed by atoms with Gasteiger partial charge in [0.05, 0.1) is 5.02 Å². The number of carbonyl (C=O) groups excluding carboxylic acids is 2. The summed E-state index contributed by atoms with van der Waals surface area (Å²) in [5.41, 5.74) is 0.616. The fraction of sp³-hybridized carbons (Fsp3) is 0.200. The van der Waals surface area contributed by atoms with E-state index in [9.17, 15) is 14.0 Å². The molecule has 2 N–H and O–H groups in total. The lowest BCUT2D eigenvalue weighted by Crippen LogP contribution is -2.39. The summed E-state index contributed by atoms with van der Waals surface area (Å²) >= 11 is 10.8. The minimum Gasteiger partial charge on any atom is -0.334 e. The molecule has 4 nitrogen and oxygen atoms in total. The number of halogens is 3. The van der Waals surface area contributed by atoms with Crippen LogP contribution in [0.1, 0.15) is 5.56 Å². The summed E-state index contributed by atoms with van der Waals surface area (Å²) in [5.74, 6) is -1.42. The van der Waals surface area contributed by atoms with Gasteiger partial charge in [-0.2, -0.15) is 0 Å². The van der Waals surface area contributed by atoms with Crippen molar-refractivity contribution in [1.29, 1.82) is 0 Å². The van der Waals surface area contributed by atoms with Crippen LogP contribution < -0.4 is 10.6 Å². The second-order valence-corrected chi connectivity index (χ2v) is 3.79. The zero-order valence-electron chi connectivity index (χ0n) is 8.60. The van der Waals surface area contributed by atoms with Gasteiger partial charge in [-0.25, -0.2) is 9.18 Å². The third-order valence-corrected chi connectivity index (χ3v) is 2.34. The van der Waals surface area contributed by atoms with Crippen molar-refractivity contribution in [2.24, 2.45) is 0 Å². The van der Waals surface area contributed by atoms with E-state index in [2.05, 4.69) is 5.32 Å². The number of benzene rings is 1. The van der Waals surface area contributed by atoms with E-state index in [1.165, 1.54) is 18.2 Å². The first kappa shape index (κ1) is 13.7. The van der Waals surface area contributed by atoms with Crippen LogP contribution in [0.25, 0.3) is 0 Å². The van der Waals surface area contributed by atoms with Crippen molar-refractivity contribution in [1.82, 2.24) is 10.6 Å². The lowest BCUT2D eigenvalue weighted by molar-refractivity contribution is -0.117. The number of imide groups is 1. The molecule has 17 heavy (non-hydrogen) atoms. The van der Waals surface area contributed by atoms with Crippen LogP contribution in [0.3, 0.4) is 0 Å². The van der Waals surface area contributed by atoms with E-state index in [4.69, 9.17) is 23.2 Å². The largest absolute Gasteiger partial charge is 0.334 e. The molecule has 1 aromatic rings. The Bertz CT molecular complexity index is 440. The minimum absolute atomic E-state index is 0.0263. The average molecular weight is 279 g/mol. The number of carbonyl (C=O) groups is 2. The molecule has 7 heteroatoms. The smallest absolute Gasteiger partial charge is 0.321 e. The molecule has 0 fully saturated rings. The van der Waals surface area contributed by atoms with Crippen molar-refractivity contribution < 1.29 is 14.0 Å². The number of urea groups is 1. The van der Waals surface area contributed by atoms with Crippen molar-refractivity contribution in [3.63, 3.8) is 0 Å². The Hall–Kier alpha value is -1.33. The highest BCUT2D eigenvalue weighted by Gasteiger charge is 2.06. The number of amides is 3. The van der Waals surface area contributed by atoms with Gasteiger partial charge in [-0.15, -0.1) is 11.6 Å². The molecule has 0 heterocycles. The number of hydrogen-bond donors (Lipinski definition) is 2. The Kier molecular flexibility index (Phi) is 5.18. The molecule has 0 radical (unpaired) electrons. The Labute approximate surface area is 107 Å². The number of nitrogens with one attached hydrogen (secondary N) is 2. The summed E-state index contributed by atoms with van der Waals surface area (Å²) in [7, 11) is 0. The number of rotatable bonds is 3. The molecule has 0 bridgehead atoms. The summed E-state index contributed by atoms with van der Waals surface area (Å²) in [6, 6.07) is 3.39. The summed E-state index contributed by atoms with van der Waals surface area (Å²) < 4.78 is 12.8. The van der Waals surface area contributed by atoms with Crippen molar-refractivity contribution >= 4 is 35.1 Å². The summed E-state index contributed by atoms with van der Waals surface area (Å²) in [6.07, 6.45) is 0. The molecule has 1 rings (SSSR count). The lowest BCUT2D eigenvalue weighted by Gasteiger charge is -2.06. The highest BCUT2D eigenvalue weighted by Crippen LogP contribution is 2.15. The Morgan fingerprint density at radius 2 is 2.06 bits per heavy atom. The van der Waals surface area contributed by atoms with E-state index in [1.807, 2.05) is 5.32 Å². The normalized spacial score (nSPS) is 9.82. The fourth-order valence-electron chi connectivity index (χ4n) is 1.04. The Morgan fingerprint density at radius 1 is 1.35 bits per heavy atom. The maximum Gasteiger partial charge on any atom is 0.321 e. The third kappa shape index (κ3) is 4.58. The number of hydrogen-bond acceptors (Lipinski definition) is 2. The standard InChI is InChI=1S/C10H9Cl2FN2O2/c11-4-9(16)15-10(17)14-5-6-1-2-8(13)7(12)3-6/h1-3H,4-5H2,(H2,14,15,16,17). The van der Waals surface area contributed by atoms with Gasteiger partial charge in [-0.1, -0.05) is 17.7 Å². The second kappa shape index (κ2) is 6.42. The van der Waals surface area contributed by atoms with E-state index >= 15 is 0 Å². The zero-order valence-corrected chi connectivity index (χ0v) is 10.1. The quantitative estimate of drug-likeness (QED) is 0.832. The summed E-state index contributed by atoms with van der Waals surface area (Å²) in [6.45, 7) is 0.126. The molecule has 92 valence electrons. The monoisotopic (exact) mass is 278 g/mol. The van der Waals surface area contributed by atoms with Gasteiger partial charge in [0.15, 0.2) is 0 Å². The van der Waals surface area contributed by atoms with Gasteiger partial charge in [-0.3, -0.25) is 10.1 Å². The van der Waals surface area contributed by atoms with Crippen LogP contribution >= 0.6 is 23.2 Å². The molecule has 0 saturated carbocycles. The molecule has 3 amide bonds. The van der Waals surface area contributed by atoms with Gasteiger partial charge >= 0.3 is 6.03 Å². The molecule has 0 atom stereocenters. The maximum atomic E-state index is 12.8. The van der Waals surface area contributed by atoms with Crippen LogP contribution in [0.15, 0.2) is 18.2 Å². The first-order chi connectivity index (χ1) is 8.02. The zero-order chi connectivity index (χ0) is 12.8. The molecule has 0 aromatic heterocycles. The molecular weight excluding hydrogens is 270 g/mol. The third-order valence-electron chi connectivity index (χ3n) is 1.81. The molecule has 0 aliphatic rings. The van der Waals surface area contributed by atoms with Gasteiger partial charge in [0.25, 0.3) is 0 Å². The molecule has 0 aliphatic carbocycles. The first-order valence-corrected chi connectivity index (χ1v) is 5.51. The molecular formula is C10H9Cl2FN2O2. The van der Waals surface area contributed by atoms with Gasteiger partial charge in [0, 0.05) is 6.54 Å². The molecule has 0 spiro atoms. The maximum absolute atomic E-state index is 12.8. The Balaban J connectivity index is 2.47. The highest BCUT2D eigenvalue weighted by atomic mass is 35.5. The minimum atomic E-state index is -0.670. The molecule has 0 aliphatic heterocycles. The van der Waals surface area contributed by atoms with Crippen molar-refractivity contribution in [3.8, 4) is 0 Å². The van der Waals surface area contributed by atoms with Crippen LogP contribution in [0.4, 0.5) is 9.18 Å². The van der Waals surface area contributed by atoms with E-state index in [-0.39, 0.29) is 17.4 Å². The summed E-state index contributed by atoms with van der Waals surface area (Å²) in [5, 5.41) is 4.37. The van der Waals surface area contributed by atoms with E-state index in [1.54, 1.807) is 0 Å². The summed E-state index contributed by atoms with van der Waals surface area (Å²) in [4.78, 5) is 21.9. The lowest BCUT2D eigenvalue weighted by atomic mass is 10.2. The highest BCUT2D eigenvalue weighted by molar-refractivity contribution is 6.30. The van der Waals surface area contributed by atoms with Crippen LogP contribution in [0.5, 0.6) is 0 Å².